The van der Waals surface area contributed by atoms with Crippen LogP contribution in [0.15, 0.2) is 4.99 Å². The molecule has 0 aliphatic carbocycles. The summed E-state index contributed by atoms with van der Waals surface area (Å²) in [6.07, 6.45) is 1.05. The van der Waals surface area contributed by atoms with Gasteiger partial charge in [-0.2, -0.15) is 0 Å². The zero-order chi connectivity index (χ0) is 7.28. The molecular weight excluding hydrogens is 112 g/mol. The molecule has 0 bridgehead atoms. The van der Waals surface area contributed by atoms with Gasteiger partial charge < -0.3 is 5.32 Å². The highest BCUT2D eigenvalue weighted by Gasteiger charge is 1.97. The smallest absolute Gasteiger partial charge is 0.0276 e. The van der Waals surface area contributed by atoms with Crippen molar-refractivity contribution in [1.82, 2.24) is 5.32 Å². The van der Waals surface area contributed by atoms with Crippen LogP contribution in [0.4, 0.5) is 0 Å². The largest absolute Gasteiger partial charge is 0.317 e. The van der Waals surface area contributed by atoms with Crippen molar-refractivity contribution in [3.05, 3.63) is 0 Å². The lowest BCUT2D eigenvalue weighted by atomic mass is 10.2. The van der Waals surface area contributed by atoms with E-state index in [2.05, 4.69) is 17.2 Å². The predicted octanol–water partition coefficient (Wildman–Crippen LogP) is 1.08. The Morgan fingerprint density at radius 1 is 1.67 bits per heavy atom. The maximum absolute atomic E-state index is 4.05. The van der Waals surface area contributed by atoms with Gasteiger partial charge in [-0.05, 0) is 20.9 Å². The molecule has 2 heteroatoms. The van der Waals surface area contributed by atoms with Crippen LogP contribution in [-0.2, 0) is 0 Å². The van der Waals surface area contributed by atoms with E-state index in [1.807, 2.05) is 21.0 Å². The van der Waals surface area contributed by atoms with Crippen LogP contribution in [0.3, 0.4) is 0 Å². The minimum Gasteiger partial charge on any atom is -0.317 e. The highest BCUT2D eigenvalue weighted by Crippen LogP contribution is 1.91. The van der Waals surface area contributed by atoms with E-state index >= 15 is 0 Å². The molecule has 0 saturated carbocycles. The van der Waals surface area contributed by atoms with E-state index in [9.17, 15) is 0 Å². The van der Waals surface area contributed by atoms with Crippen LogP contribution in [0, 0.1) is 0 Å². The van der Waals surface area contributed by atoms with E-state index in [1.165, 1.54) is 5.71 Å². The number of nitrogens with one attached hydrogen (secondary N) is 1. The van der Waals surface area contributed by atoms with Gasteiger partial charge in [0.1, 0.15) is 0 Å². The van der Waals surface area contributed by atoms with Crippen molar-refractivity contribution in [2.24, 2.45) is 4.99 Å². The Hall–Kier alpha value is -0.370. The number of aliphatic imine (C=N–C) groups is 1. The fourth-order valence-electron chi connectivity index (χ4n) is 0.636. The molecule has 0 aromatic rings. The molecule has 0 spiro atoms. The van der Waals surface area contributed by atoms with Gasteiger partial charge in [0, 0.05) is 25.2 Å². The average molecular weight is 128 g/mol. The number of hydrogen-bond donors (Lipinski definition) is 1. The van der Waals surface area contributed by atoms with Crippen LogP contribution in [0.1, 0.15) is 20.3 Å². The molecule has 0 aromatic heterocycles. The van der Waals surface area contributed by atoms with Gasteiger partial charge in [0.15, 0.2) is 0 Å². The zero-order valence-electron chi connectivity index (χ0n) is 6.73. The first-order valence-corrected chi connectivity index (χ1v) is 3.30. The Morgan fingerprint density at radius 3 is 2.56 bits per heavy atom. The van der Waals surface area contributed by atoms with Crippen molar-refractivity contribution in [2.75, 3.05) is 14.1 Å². The maximum Gasteiger partial charge on any atom is 0.0276 e. The van der Waals surface area contributed by atoms with Crippen molar-refractivity contribution in [1.29, 1.82) is 0 Å². The molecule has 9 heavy (non-hydrogen) atoms. The summed E-state index contributed by atoms with van der Waals surface area (Å²) in [6, 6.07) is 0.550. The quantitative estimate of drug-likeness (QED) is 0.565. The van der Waals surface area contributed by atoms with Crippen LogP contribution in [-0.4, -0.2) is 25.8 Å². The molecule has 0 heterocycles. The highest BCUT2D eigenvalue weighted by atomic mass is 14.9. The molecule has 2 nitrogen and oxygen atoms in total. The first kappa shape index (κ1) is 8.63. The Labute approximate surface area is 57.4 Å². The zero-order valence-corrected chi connectivity index (χ0v) is 6.73. The van der Waals surface area contributed by atoms with E-state index < -0.39 is 0 Å². The Balaban J connectivity index is 3.47. The van der Waals surface area contributed by atoms with E-state index in [-0.39, 0.29) is 0 Å². The molecule has 0 saturated heterocycles. The number of nitrogens with zero attached hydrogens (tertiary/aromatic N) is 1. The van der Waals surface area contributed by atoms with Crippen molar-refractivity contribution >= 4 is 5.71 Å². The van der Waals surface area contributed by atoms with E-state index in [0.29, 0.717) is 6.04 Å². The molecule has 0 fully saturated rings. The third-order valence-electron chi connectivity index (χ3n) is 1.48. The van der Waals surface area contributed by atoms with Gasteiger partial charge in [-0.25, -0.2) is 0 Å². The first-order valence-electron chi connectivity index (χ1n) is 3.30. The highest BCUT2D eigenvalue weighted by molar-refractivity contribution is 5.82. The second kappa shape index (κ2) is 4.50. The summed E-state index contributed by atoms with van der Waals surface area (Å²) in [7, 11) is 3.80. The van der Waals surface area contributed by atoms with Crippen LogP contribution < -0.4 is 5.32 Å². The SMILES string of the molecule is C/N=C(/C)CC(C)NC. The Kier molecular flexibility index (Phi) is 4.32. The average Bonchev–Trinajstić information content (AvgIpc) is 1.87. The monoisotopic (exact) mass is 128 g/mol. The van der Waals surface area contributed by atoms with Crippen LogP contribution in [0.2, 0.25) is 0 Å². The summed E-state index contributed by atoms with van der Waals surface area (Å²) in [4.78, 5) is 4.05. The third kappa shape index (κ3) is 4.15. The predicted molar refractivity (Wildman–Crippen MR) is 42.2 cm³/mol. The van der Waals surface area contributed by atoms with Gasteiger partial charge in [0.2, 0.25) is 0 Å². The van der Waals surface area contributed by atoms with Crippen molar-refractivity contribution in [2.45, 2.75) is 26.3 Å². The summed E-state index contributed by atoms with van der Waals surface area (Å²) in [5.41, 5.74) is 1.21. The summed E-state index contributed by atoms with van der Waals surface area (Å²) in [5, 5.41) is 3.15. The summed E-state index contributed by atoms with van der Waals surface area (Å²) in [6.45, 7) is 4.20. The Bertz CT molecular complexity index is 97.1. The molecule has 54 valence electrons. The van der Waals surface area contributed by atoms with Crippen LogP contribution >= 0.6 is 0 Å². The molecule has 0 aromatic carbocycles. The molecule has 0 aliphatic rings. The minimum atomic E-state index is 0.550. The molecular formula is C7H16N2. The molecule has 1 N–H and O–H groups in total. The maximum atomic E-state index is 4.05. The lowest BCUT2D eigenvalue weighted by Gasteiger charge is -2.07. The second-order valence-corrected chi connectivity index (χ2v) is 2.35. The lowest BCUT2D eigenvalue weighted by Crippen LogP contribution is -2.23. The normalized spacial score (nSPS) is 15.8. The molecule has 0 rings (SSSR count). The van der Waals surface area contributed by atoms with E-state index in [0.717, 1.165) is 6.42 Å². The van der Waals surface area contributed by atoms with Gasteiger partial charge >= 0.3 is 0 Å². The summed E-state index contributed by atoms with van der Waals surface area (Å²) in [5.74, 6) is 0. The van der Waals surface area contributed by atoms with Crippen LogP contribution in [0.5, 0.6) is 0 Å². The first-order chi connectivity index (χ1) is 4.20. The van der Waals surface area contributed by atoms with Crippen LogP contribution in [0.25, 0.3) is 0 Å². The molecule has 1 atom stereocenters. The number of hydrogen-bond acceptors (Lipinski definition) is 2. The van der Waals surface area contributed by atoms with Gasteiger partial charge in [0.05, 0.1) is 0 Å². The third-order valence-corrected chi connectivity index (χ3v) is 1.48. The fourth-order valence-corrected chi connectivity index (χ4v) is 0.636. The molecule has 0 aliphatic heterocycles. The molecule has 1 unspecified atom stereocenters. The van der Waals surface area contributed by atoms with Gasteiger partial charge in [-0.15, -0.1) is 0 Å². The van der Waals surface area contributed by atoms with Gasteiger partial charge in [-0.1, -0.05) is 0 Å². The van der Waals surface area contributed by atoms with E-state index in [1.54, 1.807) is 0 Å². The minimum absolute atomic E-state index is 0.550. The van der Waals surface area contributed by atoms with Crippen molar-refractivity contribution in [3.63, 3.8) is 0 Å². The second-order valence-electron chi connectivity index (χ2n) is 2.35. The van der Waals surface area contributed by atoms with Gasteiger partial charge in [-0.3, -0.25) is 4.99 Å². The molecule has 0 amide bonds. The fraction of sp³-hybridized carbons (Fsp3) is 0.857. The Morgan fingerprint density at radius 2 is 2.22 bits per heavy atom. The summed E-state index contributed by atoms with van der Waals surface area (Å²) < 4.78 is 0. The van der Waals surface area contributed by atoms with E-state index in [4.69, 9.17) is 0 Å². The number of rotatable bonds is 3. The van der Waals surface area contributed by atoms with Crippen molar-refractivity contribution in [3.8, 4) is 0 Å². The van der Waals surface area contributed by atoms with Gasteiger partial charge in [0.25, 0.3) is 0 Å². The summed E-state index contributed by atoms with van der Waals surface area (Å²) >= 11 is 0. The van der Waals surface area contributed by atoms with Crippen molar-refractivity contribution < 1.29 is 0 Å². The topological polar surface area (TPSA) is 24.4 Å². The lowest BCUT2D eigenvalue weighted by molar-refractivity contribution is 0.632. The standard InChI is InChI=1S/C7H16N2/c1-6(8-3)5-7(2)9-4/h6,8H,5H2,1-4H3/b9-7-. The molecule has 0 radical (unpaired) electrons.